The summed E-state index contributed by atoms with van der Waals surface area (Å²) >= 11 is 3.03. The number of rotatable bonds is 5. The molecule has 0 amide bonds. The number of thiophene rings is 1. The first-order chi connectivity index (χ1) is 13.2. The zero-order valence-corrected chi connectivity index (χ0v) is 16.9. The van der Waals surface area contributed by atoms with Crippen molar-refractivity contribution in [3.8, 4) is 0 Å². The summed E-state index contributed by atoms with van der Waals surface area (Å²) in [6.45, 7) is 4.43. The first-order valence-corrected chi connectivity index (χ1v) is 11.3. The van der Waals surface area contributed by atoms with Crippen LogP contribution in [0.4, 0.5) is 5.95 Å². The fraction of sp³-hybridized carbons (Fsp3) is 0.556. The third kappa shape index (κ3) is 3.38. The van der Waals surface area contributed by atoms with E-state index in [1.54, 1.807) is 11.8 Å². The van der Waals surface area contributed by atoms with Crippen LogP contribution in [0, 0.1) is 5.92 Å². The lowest BCUT2D eigenvalue weighted by molar-refractivity contribution is 0.429. The Hall–Kier alpha value is -1.87. The van der Waals surface area contributed by atoms with E-state index in [1.807, 2.05) is 11.4 Å². The van der Waals surface area contributed by atoms with Crippen LogP contribution in [0.15, 0.2) is 21.4 Å². The average molecular weight is 403 g/mol. The summed E-state index contributed by atoms with van der Waals surface area (Å²) in [6, 6.07) is 2.41. The van der Waals surface area contributed by atoms with Crippen molar-refractivity contribution in [2.45, 2.75) is 49.6 Å². The molecule has 4 heterocycles. The van der Waals surface area contributed by atoms with Gasteiger partial charge in [-0.1, -0.05) is 18.7 Å². The third-order valence-corrected chi connectivity index (χ3v) is 7.18. The van der Waals surface area contributed by atoms with Crippen LogP contribution in [0.3, 0.4) is 0 Å². The normalized spacial score (nSPS) is 18.5. The molecule has 0 spiro atoms. The molecule has 9 heteroatoms. The van der Waals surface area contributed by atoms with E-state index in [0.29, 0.717) is 22.3 Å². The maximum absolute atomic E-state index is 12.2. The number of thioether (sulfide) groups is 1. The zero-order chi connectivity index (χ0) is 18.4. The summed E-state index contributed by atoms with van der Waals surface area (Å²) < 4.78 is 2.99. The average Bonchev–Trinajstić information content (AvgIpc) is 3.23. The number of hydrogen-bond acceptors (Lipinski definition) is 7. The number of anilines is 1. The summed E-state index contributed by atoms with van der Waals surface area (Å²) in [5.41, 5.74) is 0.712. The van der Waals surface area contributed by atoms with Gasteiger partial charge in [0, 0.05) is 19.1 Å². The van der Waals surface area contributed by atoms with E-state index < -0.39 is 0 Å². The minimum Gasteiger partial charge on any atom is -0.341 e. The molecule has 1 aliphatic carbocycles. The molecule has 5 rings (SSSR count). The van der Waals surface area contributed by atoms with Crippen LogP contribution < -0.4 is 10.5 Å². The fourth-order valence-corrected chi connectivity index (χ4v) is 5.16. The Bertz CT molecular complexity index is 1010. The van der Waals surface area contributed by atoms with Gasteiger partial charge in [-0.15, -0.1) is 21.5 Å². The lowest BCUT2D eigenvalue weighted by Gasteiger charge is -2.31. The Kier molecular flexibility index (Phi) is 4.43. The van der Waals surface area contributed by atoms with Crippen molar-refractivity contribution >= 4 is 39.3 Å². The highest BCUT2D eigenvalue weighted by Crippen LogP contribution is 2.41. The number of aromatic amines is 1. The summed E-state index contributed by atoms with van der Waals surface area (Å²) in [6.07, 6.45) is 4.81. The molecule has 3 aromatic heterocycles. The Balaban J connectivity index is 1.37. The zero-order valence-electron chi connectivity index (χ0n) is 15.2. The largest absolute Gasteiger partial charge is 0.341 e. The van der Waals surface area contributed by atoms with E-state index in [9.17, 15) is 4.79 Å². The number of nitrogens with one attached hydrogen (secondary N) is 1. The molecule has 1 N–H and O–H groups in total. The van der Waals surface area contributed by atoms with Crippen molar-refractivity contribution in [3.05, 3.63) is 27.6 Å². The molecule has 0 bridgehead atoms. The van der Waals surface area contributed by atoms with Gasteiger partial charge in [0.15, 0.2) is 5.16 Å². The molecule has 27 heavy (non-hydrogen) atoms. The van der Waals surface area contributed by atoms with Crippen LogP contribution in [0.2, 0.25) is 0 Å². The molecule has 2 aliphatic rings. The molecular formula is C18H22N6OS2. The number of aromatic nitrogens is 5. The number of fused-ring (bicyclic) bond motifs is 1. The number of piperidine rings is 1. The Morgan fingerprint density at radius 1 is 1.26 bits per heavy atom. The molecule has 0 radical (unpaired) electrons. The van der Waals surface area contributed by atoms with Gasteiger partial charge in [0.05, 0.1) is 11.3 Å². The van der Waals surface area contributed by atoms with Gasteiger partial charge in [0.1, 0.15) is 10.5 Å². The summed E-state index contributed by atoms with van der Waals surface area (Å²) in [4.78, 5) is 22.0. The van der Waals surface area contributed by atoms with E-state index >= 15 is 0 Å². The first-order valence-electron chi connectivity index (χ1n) is 9.48. The van der Waals surface area contributed by atoms with E-state index in [-0.39, 0.29) is 5.56 Å². The second kappa shape index (κ2) is 6.94. The van der Waals surface area contributed by atoms with Gasteiger partial charge < -0.3 is 9.88 Å². The van der Waals surface area contributed by atoms with Crippen LogP contribution in [0.25, 0.3) is 10.2 Å². The van der Waals surface area contributed by atoms with Crippen molar-refractivity contribution in [2.24, 2.45) is 5.92 Å². The van der Waals surface area contributed by atoms with E-state index in [4.69, 9.17) is 0 Å². The third-order valence-electron chi connectivity index (χ3n) is 5.33. The minimum atomic E-state index is -0.0580. The van der Waals surface area contributed by atoms with Crippen LogP contribution >= 0.6 is 23.1 Å². The van der Waals surface area contributed by atoms with Crippen LogP contribution in [-0.4, -0.2) is 37.8 Å². The van der Waals surface area contributed by atoms with Gasteiger partial charge in [-0.3, -0.25) is 9.36 Å². The molecule has 2 fully saturated rings. The lowest BCUT2D eigenvalue weighted by atomic mass is 10.00. The van der Waals surface area contributed by atoms with Crippen LogP contribution in [0.5, 0.6) is 0 Å². The minimum absolute atomic E-state index is 0.0580. The number of hydrogen-bond donors (Lipinski definition) is 1. The molecule has 1 saturated carbocycles. The maximum Gasteiger partial charge on any atom is 0.268 e. The molecule has 0 unspecified atom stereocenters. The van der Waals surface area contributed by atoms with Gasteiger partial charge in [0.25, 0.3) is 5.56 Å². The van der Waals surface area contributed by atoms with Crippen molar-refractivity contribution in [2.75, 3.05) is 18.0 Å². The highest BCUT2D eigenvalue weighted by Gasteiger charge is 2.32. The lowest BCUT2D eigenvalue weighted by Crippen LogP contribution is -2.34. The van der Waals surface area contributed by atoms with Gasteiger partial charge in [-0.05, 0) is 43.0 Å². The second-order valence-electron chi connectivity index (χ2n) is 7.49. The SMILES string of the molecule is CC1CCN(c2nnc(SCc3nc4ccsc4c(=O)[nH]3)n2C2CC2)CC1. The van der Waals surface area contributed by atoms with E-state index in [2.05, 4.69) is 36.6 Å². The molecule has 7 nitrogen and oxygen atoms in total. The second-order valence-corrected chi connectivity index (χ2v) is 9.35. The maximum atomic E-state index is 12.2. The van der Waals surface area contributed by atoms with Crippen LogP contribution in [-0.2, 0) is 5.75 Å². The van der Waals surface area contributed by atoms with Crippen molar-refractivity contribution in [1.82, 2.24) is 24.7 Å². The predicted octanol–water partition coefficient (Wildman–Crippen LogP) is 3.44. The van der Waals surface area contributed by atoms with Gasteiger partial charge in [-0.2, -0.15) is 0 Å². The molecule has 0 aromatic carbocycles. The molecule has 3 aromatic rings. The highest BCUT2D eigenvalue weighted by atomic mass is 32.2. The monoisotopic (exact) mass is 402 g/mol. The molecule has 142 valence electrons. The number of H-pyrrole nitrogens is 1. The molecule has 1 saturated heterocycles. The summed E-state index contributed by atoms with van der Waals surface area (Å²) in [5.74, 6) is 3.08. The first kappa shape index (κ1) is 17.2. The van der Waals surface area contributed by atoms with Crippen molar-refractivity contribution in [3.63, 3.8) is 0 Å². The quantitative estimate of drug-likeness (QED) is 0.659. The summed E-state index contributed by atoms with van der Waals surface area (Å²) in [5, 5.41) is 11.8. The Morgan fingerprint density at radius 2 is 2.07 bits per heavy atom. The van der Waals surface area contributed by atoms with E-state index in [1.165, 1.54) is 37.0 Å². The topological polar surface area (TPSA) is 79.7 Å². The van der Waals surface area contributed by atoms with Gasteiger partial charge in [-0.25, -0.2) is 4.98 Å². The highest BCUT2D eigenvalue weighted by molar-refractivity contribution is 7.98. The van der Waals surface area contributed by atoms with Crippen molar-refractivity contribution in [1.29, 1.82) is 0 Å². The standard InChI is InChI=1S/C18H22N6OS2/c1-11-4-7-23(8-5-11)17-21-22-18(24(17)12-2-3-12)27-10-14-19-13-6-9-26-15(13)16(25)20-14/h6,9,11-12H,2-5,7-8,10H2,1H3,(H,19,20,25). The fourth-order valence-electron chi connectivity index (χ4n) is 3.57. The summed E-state index contributed by atoms with van der Waals surface area (Å²) in [7, 11) is 0. The predicted molar refractivity (Wildman–Crippen MR) is 109 cm³/mol. The molecule has 0 atom stereocenters. The number of nitrogens with zero attached hydrogens (tertiary/aromatic N) is 5. The van der Waals surface area contributed by atoms with Gasteiger partial charge in [0.2, 0.25) is 5.95 Å². The molecule has 1 aliphatic heterocycles. The smallest absolute Gasteiger partial charge is 0.268 e. The van der Waals surface area contributed by atoms with Crippen LogP contribution in [0.1, 0.15) is 44.5 Å². The van der Waals surface area contributed by atoms with Crippen molar-refractivity contribution < 1.29 is 0 Å². The Labute approximate surface area is 165 Å². The van der Waals surface area contributed by atoms with Gasteiger partial charge >= 0.3 is 0 Å². The Morgan fingerprint density at radius 3 is 2.85 bits per heavy atom. The van der Waals surface area contributed by atoms with E-state index in [0.717, 1.165) is 35.6 Å². The molecular weight excluding hydrogens is 380 g/mol.